The molecule has 172 valence electrons. The maximum absolute atomic E-state index is 13.2. The molecule has 8 nitrogen and oxygen atoms in total. The normalized spacial score (nSPS) is 27.0. The second-order valence-corrected chi connectivity index (χ2v) is 8.21. The number of carbonyl (C=O) groups is 3. The molecule has 3 amide bonds. The summed E-state index contributed by atoms with van der Waals surface area (Å²) in [7, 11) is 0. The molecule has 0 radical (unpaired) electrons. The van der Waals surface area contributed by atoms with E-state index in [1.807, 2.05) is 12.1 Å². The van der Waals surface area contributed by atoms with E-state index >= 15 is 0 Å². The Kier molecular flexibility index (Phi) is 4.88. The first-order valence-corrected chi connectivity index (χ1v) is 10.9. The molecule has 2 atom stereocenters. The standard InChI is InChI=1S/C25H27N3O5/c29-23-9-8-21(24(30)26-23)28-15-20-19(25(28)31)2-1-3-22(20)33-16-18-6-4-17(5-7-18)14-27-10-12-32-13-11-27/h1-7,21H,8-16H2,(H,26,29,30)/i8D2,9D/hD. The molecule has 3 heterocycles. The van der Waals surface area contributed by atoms with Crippen molar-refractivity contribution in [2.75, 3.05) is 26.3 Å². The van der Waals surface area contributed by atoms with Crippen molar-refractivity contribution in [3.05, 3.63) is 64.7 Å². The van der Waals surface area contributed by atoms with Crippen molar-refractivity contribution in [2.45, 2.75) is 38.5 Å². The molecule has 2 fully saturated rings. The van der Waals surface area contributed by atoms with E-state index in [0.29, 0.717) is 11.3 Å². The average molecular weight is 454 g/mol. The van der Waals surface area contributed by atoms with E-state index in [1.54, 1.807) is 18.2 Å². The molecule has 0 saturated carbocycles. The topological polar surface area (TPSA) is 88.2 Å². The van der Waals surface area contributed by atoms with Crippen LogP contribution in [0.2, 0.25) is 1.41 Å². The molecule has 1 N–H and O–H groups in total. The molecule has 3 aliphatic heterocycles. The summed E-state index contributed by atoms with van der Waals surface area (Å²) in [5.74, 6) is -2.60. The molecule has 0 aliphatic carbocycles. The van der Waals surface area contributed by atoms with Gasteiger partial charge in [-0.05, 0) is 29.6 Å². The van der Waals surface area contributed by atoms with Crippen LogP contribution in [0, 0.1) is 0 Å². The largest absolute Gasteiger partial charge is 0.489 e. The summed E-state index contributed by atoms with van der Waals surface area (Å²) in [6.45, 7) is 4.27. The number of amides is 3. The van der Waals surface area contributed by atoms with Gasteiger partial charge in [-0.25, -0.2) is 0 Å². The van der Waals surface area contributed by atoms with Crippen LogP contribution >= 0.6 is 0 Å². The fraction of sp³-hybridized carbons (Fsp3) is 0.400. The average Bonchev–Trinajstić information content (AvgIpc) is 3.23. The number of fused-ring (bicyclic) bond motifs is 1. The number of nitrogens with zero attached hydrogens (tertiary/aromatic N) is 2. The van der Waals surface area contributed by atoms with Crippen LogP contribution in [-0.4, -0.2) is 59.9 Å². The molecule has 8 heteroatoms. The summed E-state index contributed by atoms with van der Waals surface area (Å²) in [5.41, 5.74) is 2.88. The van der Waals surface area contributed by atoms with Crippen LogP contribution in [0.15, 0.2) is 42.5 Å². The highest BCUT2D eigenvalue weighted by atomic mass is 16.5. The first-order chi connectivity index (χ1) is 17.7. The van der Waals surface area contributed by atoms with Gasteiger partial charge in [0.2, 0.25) is 11.8 Å². The van der Waals surface area contributed by atoms with Gasteiger partial charge in [-0.2, -0.15) is 0 Å². The SMILES string of the molecule is [2H]C1C(=O)N([2H])C(=O)C(N2Cc3c(OCc4ccc(CN5CCOCC5)cc4)cccc3C2=O)C1([2H])[2H]. The fourth-order valence-corrected chi connectivity index (χ4v) is 4.24. The van der Waals surface area contributed by atoms with Gasteiger partial charge in [0.1, 0.15) is 18.4 Å². The van der Waals surface area contributed by atoms with Crippen molar-refractivity contribution in [1.29, 1.82) is 0 Å². The van der Waals surface area contributed by atoms with Gasteiger partial charge < -0.3 is 14.4 Å². The van der Waals surface area contributed by atoms with Crippen LogP contribution in [0.5, 0.6) is 5.75 Å². The van der Waals surface area contributed by atoms with Crippen molar-refractivity contribution in [3.63, 3.8) is 0 Å². The van der Waals surface area contributed by atoms with E-state index in [1.165, 1.54) is 5.56 Å². The molecular formula is C25H27N3O5. The zero-order valence-electron chi connectivity index (χ0n) is 22.0. The molecular weight excluding hydrogens is 422 g/mol. The quantitative estimate of drug-likeness (QED) is 0.672. The van der Waals surface area contributed by atoms with Crippen molar-refractivity contribution < 1.29 is 29.4 Å². The number of ether oxygens (including phenoxy) is 2. The summed E-state index contributed by atoms with van der Waals surface area (Å²) in [4.78, 5) is 41.2. The van der Waals surface area contributed by atoms with Gasteiger partial charge in [-0.3, -0.25) is 24.6 Å². The molecule has 0 spiro atoms. The van der Waals surface area contributed by atoms with Crippen LogP contribution in [0.25, 0.3) is 0 Å². The highest BCUT2D eigenvalue weighted by Gasteiger charge is 2.40. The Morgan fingerprint density at radius 3 is 2.64 bits per heavy atom. The third-order valence-corrected chi connectivity index (χ3v) is 6.01. The second-order valence-electron chi connectivity index (χ2n) is 8.21. The van der Waals surface area contributed by atoms with E-state index in [-0.39, 0.29) is 24.0 Å². The van der Waals surface area contributed by atoms with Gasteiger partial charge in [0, 0.05) is 41.3 Å². The second kappa shape index (κ2) is 9.33. The minimum atomic E-state index is -2.65. The molecule has 33 heavy (non-hydrogen) atoms. The molecule has 3 aliphatic rings. The number of piperidine rings is 1. The molecule has 2 aromatic rings. The van der Waals surface area contributed by atoms with E-state index in [9.17, 15) is 14.4 Å². The van der Waals surface area contributed by atoms with Gasteiger partial charge in [0.05, 0.1) is 19.8 Å². The van der Waals surface area contributed by atoms with Gasteiger partial charge in [-0.1, -0.05) is 30.3 Å². The molecule has 2 saturated heterocycles. The Balaban J connectivity index is 1.29. The molecule has 2 aromatic carbocycles. The number of rotatable bonds is 6. The number of morpholine rings is 1. The van der Waals surface area contributed by atoms with Gasteiger partial charge in [-0.15, -0.1) is 0 Å². The van der Waals surface area contributed by atoms with E-state index in [2.05, 4.69) is 17.0 Å². The minimum absolute atomic E-state index is 0.0138. The zero-order chi connectivity index (χ0) is 26.3. The highest BCUT2D eigenvalue weighted by molar-refractivity contribution is 6.05. The lowest BCUT2D eigenvalue weighted by Gasteiger charge is -2.29. The van der Waals surface area contributed by atoms with Crippen molar-refractivity contribution in [1.82, 2.24) is 15.1 Å². The van der Waals surface area contributed by atoms with Crippen LogP contribution in [0.4, 0.5) is 0 Å². The van der Waals surface area contributed by atoms with E-state index in [0.717, 1.165) is 43.3 Å². The maximum Gasteiger partial charge on any atom is 0.255 e. The Bertz CT molecular complexity index is 1220. The predicted molar refractivity (Wildman–Crippen MR) is 119 cm³/mol. The fourth-order valence-electron chi connectivity index (χ4n) is 4.24. The summed E-state index contributed by atoms with van der Waals surface area (Å²) >= 11 is 0. The highest BCUT2D eigenvalue weighted by Crippen LogP contribution is 2.34. The lowest BCUT2D eigenvalue weighted by atomic mass is 10.0. The lowest BCUT2D eigenvalue weighted by Crippen LogP contribution is -2.52. The lowest BCUT2D eigenvalue weighted by molar-refractivity contribution is -0.136. The number of nitrogens with one attached hydrogen (secondary N) is 1. The van der Waals surface area contributed by atoms with Gasteiger partial charge in [0.25, 0.3) is 5.91 Å². The van der Waals surface area contributed by atoms with Crippen molar-refractivity contribution in [3.8, 4) is 5.75 Å². The number of hydrogen-bond acceptors (Lipinski definition) is 6. The van der Waals surface area contributed by atoms with Gasteiger partial charge >= 0.3 is 0 Å². The Morgan fingerprint density at radius 2 is 1.85 bits per heavy atom. The number of hydrogen-bond donors (Lipinski definition) is 1. The summed E-state index contributed by atoms with van der Waals surface area (Å²) in [6.07, 6.45) is -4.64. The van der Waals surface area contributed by atoms with E-state index in [4.69, 9.17) is 15.0 Å². The number of imide groups is 1. The summed E-state index contributed by atoms with van der Waals surface area (Å²) < 4.78 is 43.5. The van der Waals surface area contributed by atoms with Crippen LogP contribution in [0.1, 0.15) is 43.9 Å². The smallest absolute Gasteiger partial charge is 0.255 e. The first-order valence-electron chi connectivity index (χ1n) is 12.9. The van der Waals surface area contributed by atoms with Crippen LogP contribution in [0.3, 0.4) is 0 Å². The maximum atomic E-state index is 13.2. The number of carbonyl (C=O) groups excluding carboxylic acids is 3. The van der Waals surface area contributed by atoms with Crippen LogP contribution < -0.4 is 10.0 Å². The first kappa shape index (κ1) is 17.3. The summed E-state index contributed by atoms with van der Waals surface area (Å²) in [6, 6.07) is 11.2. The number of benzene rings is 2. The summed E-state index contributed by atoms with van der Waals surface area (Å²) in [5, 5.41) is -0.0138. The Morgan fingerprint density at radius 1 is 1.09 bits per heavy atom. The third kappa shape index (κ3) is 4.62. The predicted octanol–water partition coefficient (Wildman–Crippen LogP) is 1.86. The molecule has 0 bridgehead atoms. The van der Waals surface area contributed by atoms with Crippen LogP contribution in [-0.2, 0) is 34.0 Å². The van der Waals surface area contributed by atoms with Crippen molar-refractivity contribution in [2.24, 2.45) is 0 Å². The molecule has 2 unspecified atom stereocenters. The minimum Gasteiger partial charge on any atom is -0.489 e. The van der Waals surface area contributed by atoms with Crippen molar-refractivity contribution >= 4 is 17.7 Å². The van der Waals surface area contributed by atoms with Gasteiger partial charge in [0.15, 0.2) is 1.41 Å². The van der Waals surface area contributed by atoms with E-state index < -0.39 is 36.5 Å². The Labute approximate surface area is 198 Å². The molecule has 5 rings (SSSR count). The molecule has 0 aromatic heterocycles. The third-order valence-electron chi connectivity index (χ3n) is 6.01. The monoisotopic (exact) mass is 453 g/mol. The Hall–Kier alpha value is -3.23. The zero-order valence-corrected chi connectivity index (χ0v) is 18.0.